The first-order chi connectivity index (χ1) is 16.0. The normalized spacial score (nSPS) is 11.8. The van der Waals surface area contributed by atoms with Gasteiger partial charge < -0.3 is 27.9 Å². The number of rotatable bonds is 20. The van der Waals surface area contributed by atoms with Crippen LogP contribution < -0.4 is 9.47 Å². The van der Waals surface area contributed by atoms with Crippen molar-refractivity contribution in [1.29, 1.82) is 0 Å². The van der Waals surface area contributed by atoms with E-state index in [4.69, 9.17) is 27.9 Å². The Hall–Kier alpha value is -1.87. The van der Waals surface area contributed by atoms with Crippen molar-refractivity contribution in [1.82, 2.24) is 0 Å². The van der Waals surface area contributed by atoms with E-state index in [1.54, 1.807) is 6.08 Å². The minimum atomic E-state index is -2.63. The quantitative estimate of drug-likeness (QED) is 0.140. The molecule has 8 heteroatoms. The summed E-state index contributed by atoms with van der Waals surface area (Å²) < 4.78 is 29.7. The Morgan fingerprint density at radius 2 is 1.45 bits per heavy atom. The molecule has 0 amide bonds. The van der Waals surface area contributed by atoms with Gasteiger partial charge in [0.25, 0.3) is 0 Å². The lowest BCUT2D eigenvalue weighted by molar-refractivity contribution is -0.131. The summed E-state index contributed by atoms with van der Waals surface area (Å²) in [5.74, 6) is 0.324. The summed E-state index contributed by atoms with van der Waals surface area (Å²) in [6.45, 7) is 10.9. The Morgan fingerprint density at radius 1 is 0.848 bits per heavy atom. The lowest BCUT2D eigenvalue weighted by Crippen LogP contribution is -2.45. The number of benzene rings is 1. The van der Waals surface area contributed by atoms with Gasteiger partial charge >= 0.3 is 14.8 Å². The fourth-order valence-corrected chi connectivity index (χ4v) is 6.05. The SMILES string of the molecule is CCCCCCOc1cc(/C=C/C(=O)O)ccc1OCCCC[Si](OCC)(OCC)OCC. The van der Waals surface area contributed by atoms with Crippen molar-refractivity contribution in [3.05, 3.63) is 29.8 Å². The highest BCUT2D eigenvalue weighted by Gasteiger charge is 2.39. The number of carbonyl (C=O) groups is 1. The molecule has 33 heavy (non-hydrogen) atoms. The fraction of sp³-hybridized carbons (Fsp3) is 0.640. The maximum Gasteiger partial charge on any atom is 0.500 e. The Morgan fingerprint density at radius 3 is 2.03 bits per heavy atom. The second-order valence-electron chi connectivity index (χ2n) is 7.57. The van der Waals surface area contributed by atoms with Gasteiger partial charge in [0.15, 0.2) is 11.5 Å². The Labute approximate surface area is 200 Å². The van der Waals surface area contributed by atoms with Gasteiger partial charge in [-0.1, -0.05) is 32.3 Å². The smallest absolute Gasteiger partial charge is 0.490 e. The summed E-state index contributed by atoms with van der Waals surface area (Å²) in [7, 11) is -2.63. The minimum Gasteiger partial charge on any atom is -0.490 e. The number of ether oxygens (including phenoxy) is 2. The Kier molecular flexibility index (Phi) is 15.5. The third kappa shape index (κ3) is 12.2. The van der Waals surface area contributed by atoms with Gasteiger partial charge in [-0.3, -0.25) is 0 Å². The predicted octanol–water partition coefficient (Wildman–Crippen LogP) is 5.95. The molecular formula is C25H42O7Si. The molecule has 0 heterocycles. The van der Waals surface area contributed by atoms with Gasteiger partial charge in [0, 0.05) is 31.9 Å². The van der Waals surface area contributed by atoms with Crippen LogP contribution in [0.1, 0.15) is 71.8 Å². The van der Waals surface area contributed by atoms with Crippen LogP contribution in [0, 0.1) is 0 Å². The van der Waals surface area contributed by atoms with Crippen LogP contribution >= 0.6 is 0 Å². The van der Waals surface area contributed by atoms with E-state index in [-0.39, 0.29) is 0 Å². The number of carboxylic acids is 1. The van der Waals surface area contributed by atoms with Gasteiger partial charge in [0.05, 0.1) is 13.2 Å². The summed E-state index contributed by atoms with van der Waals surface area (Å²) in [4.78, 5) is 10.8. The van der Waals surface area contributed by atoms with Crippen LogP contribution in [-0.4, -0.2) is 52.9 Å². The van der Waals surface area contributed by atoms with Gasteiger partial charge in [0.2, 0.25) is 0 Å². The number of aliphatic carboxylic acids is 1. The molecule has 0 bridgehead atoms. The summed E-state index contributed by atoms with van der Waals surface area (Å²) >= 11 is 0. The highest BCUT2D eigenvalue weighted by molar-refractivity contribution is 6.60. The van der Waals surface area contributed by atoms with E-state index in [1.807, 2.05) is 39.0 Å². The number of hydrogen-bond donors (Lipinski definition) is 1. The molecule has 0 aromatic heterocycles. The van der Waals surface area contributed by atoms with Crippen molar-refractivity contribution < 1.29 is 32.7 Å². The zero-order valence-corrected chi connectivity index (χ0v) is 21.8. The van der Waals surface area contributed by atoms with Crippen LogP contribution in [0.4, 0.5) is 0 Å². The van der Waals surface area contributed by atoms with E-state index in [1.165, 1.54) is 12.8 Å². The summed E-state index contributed by atoms with van der Waals surface area (Å²) in [5, 5.41) is 8.88. The van der Waals surface area contributed by atoms with Crippen LogP contribution in [0.15, 0.2) is 24.3 Å². The molecule has 0 fully saturated rings. The van der Waals surface area contributed by atoms with Crippen molar-refractivity contribution in [2.75, 3.05) is 33.0 Å². The summed E-state index contributed by atoms with van der Waals surface area (Å²) in [6.07, 6.45) is 8.82. The molecule has 0 saturated heterocycles. The molecule has 0 aliphatic carbocycles. The summed E-state index contributed by atoms with van der Waals surface area (Å²) in [5.41, 5.74) is 0.759. The zero-order chi connectivity index (χ0) is 24.4. The third-order valence-electron chi connectivity index (χ3n) is 4.87. The van der Waals surface area contributed by atoms with E-state index in [2.05, 4.69) is 6.92 Å². The largest absolute Gasteiger partial charge is 0.500 e. The van der Waals surface area contributed by atoms with Crippen molar-refractivity contribution >= 4 is 20.8 Å². The van der Waals surface area contributed by atoms with Crippen molar-refractivity contribution in [2.45, 2.75) is 72.3 Å². The molecule has 1 aromatic rings. The lowest BCUT2D eigenvalue weighted by atomic mass is 10.2. The van der Waals surface area contributed by atoms with Crippen molar-refractivity contribution in [3.8, 4) is 11.5 Å². The van der Waals surface area contributed by atoms with Crippen LogP contribution in [0.2, 0.25) is 6.04 Å². The molecule has 0 unspecified atom stereocenters. The van der Waals surface area contributed by atoms with Gasteiger partial charge in [-0.05, 0) is 63.8 Å². The third-order valence-corrected chi connectivity index (χ3v) is 8.02. The molecule has 0 aliphatic rings. The molecule has 1 rings (SSSR count). The fourth-order valence-electron chi connectivity index (χ4n) is 3.37. The Balaban J connectivity index is 2.69. The van der Waals surface area contributed by atoms with Crippen molar-refractivity contribution in [3.63, 3.8) is 0 Å². The molecule has 1 N–H and O–H groups in total. The van der Waals surface area contributed by atoms with Crippen molar-refractivity contribution in [2.24, 2.45) is 0 Å². The van der Waals surface area contributed by atoms with Crippen LogP contribution in [-0.2, 0) is 18.1 Å². The zero-order valence-electron chi connectivity index (χ0n) is 20.8. The summed E-state index contributed by atoms with van der Waals surface area (Å²) in [6, 6.07) is 6.25. The Bertz CT molecular complexity index is 676. The maximum absolute atomic E-state index is 10.8. The average molecular weight is 483 g/mol. The van der Waals surface area contributed by atoms with Gasteiger partial charge in [-0.25, -0.2) is 4.79 Å². The topological polar surface area (TPSA) is 83.5 Å². The molecule has 0 saturated carbocycles. The molecule has 1 aromatic carbocycles. The predicted molar refractivity (Wildman–Crippen MR) is 133 cm³/mol. The van der Waals surface area contributed by atoms with E-state index in [0.717, 1.165) is 43.4 Å². The monoisotopic (exact) mass is 482 g/mol. The van der Waals surface area contributed by atoms with Crippen LogP contribution in [0.5, 0.6) is 11.5 Å². The van der Waals surface area contributed by atoms with Gasteiger partial charge in [-0.15, -0.1) is 0 Å². The van der Waals surface area contributed by atoms with E-state index < -0.39 is 14.8 Å². The first kappa shape index (κ1) is 29.2. The average Bonchev–Trinajstić information content (AvgIpc) is 2.78. The van der Waals surface area contributed by atoms with E-state index in [9.17, 15) is 4.79 Å². The van der Waals surface area contributed by atoms with Gasteiger partial charge in [0.1, 0.15) is 0 Å². The maximum atomic E-state index is 10.8. The minimum absolute atomic E-state index is 0.533. The number of unbranched alkanes of at least 4 members (excludes halogenated alkanes) is 4. The highest BCUT2D eigenvalue weighted by atomic mass is 28.4. The molecule has 188 valence electrons. The van der Waals surface area contributed by atoms with E-state index in [0.29, 0.717) is 44.5 Å². The first-order valence-electron chi connectivity index (χ1n) is 12.2. The molecule has 0 atom stereocenters. The van der Waals surface area contributed by atoms with E-state index >= 15 is 0 Å². The first-order valence-corrected chi connectivity index (χ1v) is 14.2. The van der Waals surface area contributed by atoms with Crippen LogP contribution in [0.25, 0.3) is 6.08 Å². The van der Waals surface area contributed by atoms with Gasteiger partial charge in [-0.2, -0.15) is 0 Å². The highest BCUT2D eigenvalue weighted by Crippen LogP contribution is 2.30. The number of carboxylic acid groups (broad SMARTS) is 1. The standard InChI is InChI=1S/C25H42O7Si/c1-5-9-10-11-18-29-24-21-22(15-17-25(26)27)14-16-23(24)28-19-12-13-20-33(30-6-2,31-7-3)32-8-4/h14-17,21H,5-13,18-20H2,1-4H3,(H,26,27)/b17-15+. The molecular weight excluding hydrogens is 440 g/mol. The lowest BCUT2D eigenvalue weighted by Gasteiger charge is -2.28. The molecule has 0 spiro atoms. The van der Waals surface area contributed by atoms with Crippen LogP contribution in [0.3, 0.4) is 0 Å². The second-order valence-corrected chi connectivity index (χ2v) is 10.3. The molecule has 0 radical (unpaired) electrons. The molecule has 0 aliphatic heterocycles. The molecule has 7 nitrogen and oxygen atoms in total. The second kappa shape index (κ2) is 17.6. The number of hydrogen-bond acceptors (Lipinski definition) is 6.